The molecule has 0 bridgehead atoms. The van der Waals surface area contributed by atoms with E-state index in [0.717, 1.165) is 12.0 Å². The quantitative estimate of drug-likeness (QED) is 0.848. The van der Waals surface area contributed by atoms with Crippen molar-refractivity contribution in [3.63, 3.8) is 0 Å². The number of nitrogens with zero attached hydrogens (tertiary/aromatic N) is 1. The van der Waals surface area contributed by atoms with Crippen LogP contribution in [0, 0.1) is 5.41 Å². The predicted molar refractivity (Wildman–Crippen MR) is 86.6 cm³/mol. The second-order valence-electron chi connectivity index (χ2n) is 6.78. The van der Waals surface area contributed by atoms with Gasteiger partial charge < -0.3 is 15.3 Å². The molecule has 0 aliphatic carbocycles. The molecule has 1 unspecified atom stereocenters. The second kappa shape index (κ2) is 7.82. The molecule has 122 valence electrons. The van der Waals surface area contributed by atoms with Crippen LogP contribution in [0.3, 0.4) is 0 Å². The van der Waals surface area contributed by atoms with Crippen molar-refractivity contribution in [2.75, 3.05) is 7.05 Å². The SMILES string of the molecule is CN(Cc1ccccc1)C(=O)NC(CCC(C)(C)C)C(=O)O. The van der Waals surface area contributed by atoms with Crippen LogP contribution >= 0.6 is 0 Å². The van der Waals surface area contributed by atoms with E-state index < -0.39 is 12.0 Å². The molecule has 0 heterocycles. The zero-order chi connectivity index (χ0) is 16.8. The summed E-state index contributed by atoms with van der Waals surface area (Å²) in [7, 11) is 1.66. The van der Waals surface area contributed by atoms with Crippen molar-refractivity contribution < 1.29 is 14.7 Å². The largest absolute Gasteiger partial charge is 0.480 e. The fraction of sp³-hybridized carbons (Fsp3) is 0.529. The maximum atomic E-state index is 12.1. The highest BCUT2D eigenvalue weighted by atomic mass is 16.4. The van der Waals surface area contributed by atoms with Gasteiger partial charge >= 0.3 is 12.0 Å². The van der Waals surface area contributed by atoms with Crippen molar-refractivity contribution in [3.05, 3.63) is 35.9 Å². The molecule has 0 spiro atoms. The van der Waals surface area contributed by atoms with Gasteiger partial charge in [-0.1, -0.05) is 51.1 Å². The summed E-state index contributed by atoms with van der Waals surface area (Å²) in [5, 5.41) is 11.9. The van der Waals surface area contributed by atoms with Crippen LogP contribution in [0.2, 0.25) is 0 Å². The smallest absolute Gasteiger partial charge is 0.326 e. The Balaban J connectivity index is 2.57. The van der Waals surface area contributed by atoms with Gasteiger partial charge in [-0.05, 0) is 23.8 Å². The van der Waals surface area contributed by atoms with Crippen LogP contribution in [0.5, 0.6) is 0 Å². The van der Waals surface area contributed by atoms with E-state index in [1.165, 1.54) is 4.90 Å². The molecular formula is C17H26N2O3. The number of hydrogen-bond acceptors (Lipinski definition) is 2. The number of aliphatic carboxylic acids is 1. The molecule has 0 saturated heterocycles. The standard InChI is InChI=1S/C17H26N2O3/c1-17(2,3)11-10-14(15(20)21)18-16(22)19(4)12-13-8-6-5-7-9-13/h5-9,14H,10-12H2,1-4H3,(H,18,22)(H,20,21). The number of amides is 2. The van der Waals surface area contributed by atoms with E-state index in [1.807, 2.05) is 30.3 Å². The number of urea groups is 1. The molecule has 1 aromatic rings. The van der Waals surface area contributed by atoms with Crippen LogP contribution in [-0.2, 0) is 11.3 Å². The first-order valence-corrected chi connectivity index (χ1v) is 7.47. The fourth-order valence-corrected chi connectivity index (χ4v) is 2.02. The fourth-order valence-electron chi connectivity index (χ4n) is 2.02. The van der Waals surface area contributed by atoms with Crippen molar-refractivity contribution in [1.82, 2.24) is 10.2 Å². The van der Waals surface area contributed by atoms with Gasteiger partial charge in [0.15, 0.2) is 0 Å². The third kappa shape index (κ3) is 6.61. The van der Waals surface area contributed by atoms with E-state index in [9.17, 15) is 14.7 Å². The highest BCUT2D eigenvalue weighted by molar-refractivity contribution is 5.82. The molecule has 0 radical (unpaired) electrons. The zero-order valence-electron chi connectivity index (χ0n) is 13.8. The Labute approximate surface area is 132 Å². The van der Waals surface area contributed by atoms with E-state index in [0.29, 0.717) is 13.0 Å². The minimum Gasteiger partial charge on any atom is -0.480 e. The first kappa shape index (κ1) is 18.0. The second-order valence-corrected chi connectivity index (χ2v) is 6.78. The van der Waals surface area contributed by atoms with E-state index >= 15 is 0 Å². The van der Waals surface area contributed by atoms with Gasteiger partial charge in [0, 0.05) is 13.6 Å². The van der Waals surface area contributed by atoms with Crippen LogP contribution in [0.4, 0.5) is 4.79 Å². The van der Waals surface area contributed by atoms with Crippen LogP contribution in [-0.4, -0.2) is 35.1 Å². The zero-order valence-corrected chi connectivity index (χ0v) is 13.8. The molecule has 2 amide bonds. The Hall–Kier alpha value is -2.04. The monoisotopic (exact) mass is 306 g/mol. The lowest BCUT2D eigenvalue weighted by Crippen LogP contribution is -2.46. The van der Waals surface area contributed by atoms with E-state index in [4.69, 9.17) is 0 Å². The number of carbonyl (C=O) groups is 2. The summed E-state index contributed by atoms with van der Waals surface area (Å²) in [6.45, 7) is 6.60. The maximum absolute atomic E-state index is 12.1. The lowest BCUT2D eigenvalue weighted by atomic mass is 9.89. The van der Waals surface area contributed by atoms with Gasteiger partial charge in [0.2, 0.25) is 0 Å². The summed E-state index contributed by atoms with van der Waals surface area (Å²) in [4.78, 5) is 24.9. The van der Waals surface area contributed by atoms with Crippen LogP contribution < -0.4 is 5.32 Å². The molecular weight excluding hydrogens is 280 g/mol. The minimum absolute atomic E-state index is 0.0361. The molecule has 22 heavy (non-hydrogen) atoms. The van der Waals surface area contributed by atoms with Crippen molar-refractivity contribution in [3.8, 4) is 0 Å². The van der Waals surface area contributed by atoms with Crippen molar-refractivity contribution >= 4 is 12.0 Å². The van der Waals surface area contributed by atoms with Gasteiger partial charge in [-0.25, -0.2) is 9.59 Å². The van der Waals surface area contributed by atoms with Crippen LogP contribution in [0.1, 0.15) is 39.2 Å². The third-order valence-electron chi connectivity index (χ3n) is 3.39. The molecule has 1 atom stereocenters. The normalized spacial score (nSPS) is 12.5. The number of carboxylic acid groups (broad SMARTS) is 1. The third-order valence-corrected chi connectivity index (χ3v) is 3.39. The molecule has 0 aliphatic rings. The molecule has 5 nitrogen and oxygen atoms in total. The number of rotatable bonds is 6. The highest BCUT2D eigenvalue weighted by Crippen LogP contribution is 2.21. The summed E-state index contributed by atoms with van der Waals surface area (Å²) in [5.41, 5.74) is 1.04. The number of benzene rings is 1. The van der Waals surface area contributed by atoms with Gasteiger partial charge in [-0.2, -0.15) is 0 Å². The van der Waals surface area contributed by atoms with E-state index in [2.05, 4.69) is 26.1 Å². The average Bonchev–Trinajstić information content (AvgIpc) is 2.42. The Morgan fingerprint density at radius 3 is 2.32 bits per heavy atom. The Morgan fingerprint density at radius 1 is 1.23 bits per heavy atom. The van der Waals surface area contributed by atoms with Crippen LogP contribution in [0.25, 0.3) is 0 Å². The summed E-state index contributed by atoms with van der Waals surface area (Å²) in [6.07, 6.45) is 1.15. The molecule has 1 aromatic carbocycles. The lowest BCUT2D eigenvalue weighted by molar-refractivity contribution is -0.139. The number of nitrogens with one attached hydrogen (secondary N) is 1. The van der Waals surface area contributed by atoms with Crippen molar-refractivity contribution in [1.29, 1.82) is 0 Å². The topological polar surface area (TPSA) is 69.6 Å². The van der Waals surface area contributed by atoms with E-state index in [1.54, 1.807) is 7.05 Å². The van der Waals surface area contributed by atoms with Crippen molar-refractivity contribution in [2.45, 2.75) is 46.2 Å². The number of carbonyl (C=O) groups excluding carboxylic acids is 1. The average molecular weight is 306 g/mol. The molecule has 2 N–H and O–H groups in total. The first-order chi connectivity index (χ1) is 10.2. The molecule has 0 aromatic heterocycles. The summed E-state index contributed by atoms with van der Waals surface area (Å²) < 4.78 is 0. The molecule has 1 rings (SSSR count). The highest BCUT2D eigenvalue weighted by Gasteiger charge is 2.24. The summed E-state index contributed by atoms with van der Waals surface area (Å²) in [6, 6.07) is 8.36. The van der Waals surface area contributed by atoms with Gasteiger partial charge in [-0.15, -0.1) is 0 Å². The molecule has 0 saturated carbocycles. The number of carboxylic acids is 1. The summed E-state index contributed by atoms with van der Waals surface area (Å²) >= 11 is 0. The first-order valence-electron chi connectivity index (χ1n) is 7.47. The predicted octanol–water partition coefficient (Wildman–Crippen LogP) is 3.11. The van der Waals surface area contributed by atoms with Gasteiger partial charge in [0.25, 0.3) is 0 Å². The summed E-state index contributed by atoms with van der Waals surface area (Å²) in [5.74, 6) is -0.995. The Kier molecular flexibility index (Phi) is 6.40. The number of hydrogen-bond donors (Lipinski definition) is 2. The van der Waals surface area contributed by atoms with Crippen molar-refractivity contribution in [2.24, 2.45) is 5.41 Å². The van der Waals surface area contributed by atoms with Gasteiger partial charge in [-0.3, -0.25) is 0 Å². The maximum Gasteiger partial charge on any atom is 0.326 e. The van der Waals surface area contributed by atoms with E-state index in [-0.39, 0.29) is 11.4 Å². The lowest BCUT2D eigenvalue weighted by Gasteiger charge is -2.24. The van der Waals surface area contributed by atoms with Crippen LogP contribution in [0.15, 0.2) is 30.3 Å². The molecule has 5 heteroatoms. The molecule has 0 aliphatic heterocycles. The Morgan fingerprint density at radius 2 is 1.82 bits per heavy atom. The van der Waals surface area contributed by atoms with Gasteiger partial charge in [0.1, 0.15) is 6.04 Å². The van der Waals surface area contributed by atoms with Gasteiger partial charge in [0.05, 0.1) is 0 Å². The Bertz CT molecular complexity index is 494. The minimum atomic E-state index is -0.995. The molecule has 0 fully saturated rings.